The molecule has 2 amide bonds. The Hall–Kier alpha value is -2.24. The van der Waals surface area contributed by atoms with E-state index in [0.29, 0.717) is 23.9 Å². The number of β-amino-alcohol motifs (C(OH)–C–C–N with tert-alkyl or cyclic N) is 1. The van der Waals surface area contributed by atoms with Crippen molar-refractivity contribution in [3.05, 3.63) is 11.1 Å². The third-order valence-electron chi connectivity index (χ3n) is 6.90. The molecule has 2 atom stereocenters. The first-order chi connectivity index (χ1) is 15.3. The summed E-state index contributed by atoms with van der Waals surface area (Å²) in [6.45, 7) is 0.558. The minimum atomic E-state index is -0.788. The van der Waals surface area contributed by atoms with Crippen molar-refractivity contribution < 1.29 is 24.3 Å². The number of anilines is 2. The zero-order valence-electron chi connectivity index (χ0n) is 17.6. The molecule has 3 fully saturated rings. The minimum Gasteiger partial charge on any atom is -0.391 e. The largest absolute Gasteiger partial charge is 0.391 e. The van der Waals surface area contributed by atoms with E-state index in [2.05, 4.69) is 20.8 Å². The van der Waals surface area contributed by atoms with Crippen LogP contribution < -0.4 is 15.8 Å². The maximum absolute atomic E-state index is 15.1. The van der Waals surface area contributed by atoms with Crippen molar-refractivity contribution in [1.29, 1.82) is 0 Å². The van der Waals surface area contributed by atoms with Gasteiger partial charge in [0.25, 0.3) is 0 Å². The summed E-state index contributed by atoms with van der Waals surface area (Å²) in [4.78, 5) is 33.0. The summed E-state index contributed by atoms with van der Waals surface area (Å²) < 4.78 is 15.1. The van der Waals surface area contributed by atoms with Crippen LogP contribution in [-0.2, 0) is 9.59 Å². The van der Waals surface area contributed by atoms with E-state index in [4.69, 9.17) is 11.6 Å². The van der Waals surface area contributed by atoms with Gasteiger partial charge in [0.2, 0.25) is 23.4 Å². The molecule has 1 aliphatic heterocycles. The molecule has 4 N–H and O–H groups in total. The van der Waals surface area contributed by atoms with Crippen LogP contribution in [0, 0.1) is 23.1 Å². The number of nitrogens with zero attached hydrogens (tertiary/aromatic N) is 4. The highest BCUT2D eigenvalue weighted by Crippen LogP contribution is 2.53. The number of aromatic nitrogens is 2. The highest BCUT2D eigenvalue weighted by Gasteiger charge is 2.55. The van der Waals surface area contributed by atoms with Crippen LogP contribution in [0.1, 0.15) is 44.9 Å². The summed E-state index contributed by atoms with van der Waals surface area (Å²) >= 11 is 5.99. The molecule has 0 bridgehead atoms. The topological polar surface area (TPSA) is 131 Å². The SMILES string of the molecule is O=CN(O)C[C@H](CC1CCCC1)C(=O)NNc1nc(Cl)nc(N2CC(O)C3(CC3)C2)c1F. The summed E-state index contributed by atoms with van der Waals surface area (Å²) in [6.07, 6.45) is 6.14. The molecule has 1 saturated heterocycles. The van der Waals surface area contributed by atoms with Gasteiger partial charge in [0.1, 0.15) is 0 Å². The molecular formula is C20H28ClFN6O4. The third kappa shape index (κ3) is 4.89. The summed E-state index contributed by atoms with van der Waals surface area (Å²) in [5.74, 6) is -1.96. The lowest BCUT2D eigenvalue weighted by Crippen LogP contribution is -2.41. The lowest BCUT2D eigenvalue weighted by atomic mass is 9.92. The molecule has 1 spiro atoms. The number of hydrogen-bond acceptors (Lipinski definition) is 8. The number of nitrogens with one attached hydrogen (secondary N) is 2. The quantitative estimate of drug-likeness (QED) is 0.186. The number of hydroxylamine groups is 2. The second kappa shape index (κ2) is 9.32. The van der Waals surface area contributed by atoms with Crippen LogP contribution in [0.15, 0.2) is 0 Å². The van der Waals surface area contributed by atoms with Crippen LogP contribution in [0.25, 0.3) is 0 Å². The van der Waals surface area contributed by atoms with E-state index in [1.54, 1.807) is 4.90 Å². The van der Waals surface area contributed by atoms with Gasteiger partial charge in [0, 0.05) is 18.5 Å². The fraction of sp³-hybridized carbons (Fsp3) is 0.700. The van der Waals surface area contributed by atoms with Gasteiger partial charge in [0.05, 0.1) is 18.6 Å². The molecular weight excluding hydrogens is 443 g/mol. The van der Waals surface area contributed by atoms with Gasteiger partial charge >= 0.3 is 0 Å². The zero-order valence-corrected chi connectivity index (χ0v) is 18.4. The number of aliphatic hydroxyl groups is 1. The molecule has 0 aromatic carbocycles. The first-order valence-corrected chi connectivity index (χ1v) is 11.3. The molecule has 176 valence electrons. The molecule has 1 aromatic rings. The molecule has 10 nitrogen and oxygen atoms in total. The van der Waals surface area contributed by atoms with Crippen molar-refractivity contribution in [2.24, 2.45) is 17.3 Å². The second-order valence-corrected chi connectivity index (χ2v) is 9.50. The number of rotatable bonds is 9. The molecule has 2 heterocycles. The molecule has 1 unspecified atom stereocenters. The van der Waals surface area contributed by atoms with Gasteiger partial charge in [0.15, 0.2) is 11.6 Å². The van der Waals surface area contributed by atoms with Crippen molar-refractivity contribution in [2.45, 2.75) is 51.0 Å². The average Bonchev–Trinajstić information content (AvgIpc) is 3.23. The van der Waals surface area contributed by atoms with E-state index in [1.165, 1.54) is 0 Å². The second-order valence-electron chi connectivity index (χ2n) is 9.16. The summed E-state index contributed by atoms with van der Waals surface area (Å²) in [6, 6.07) is 0. The molecule has 2 aliphatic carbocycles. The number of hydrazine groups is 1. The standard InChI is InChI=1S/C20H28ClFN6O4/c21-19-23-16(15(22)17(24-19)27-9-14(30)20(10-27)5-6-20)25-26-18(31)13(8-28(32)11-29)7-12-3-1-2-4-12/h11-14,30,32H,1-10H2,(H,26,31)(H,23,24,25)/t13-,14?/m0/s1. The smallest absolute Gasteiger partial charge is 0.243 e. The monoisotopic (exact) mass is 470 g/mol. The van der Waals surface area contributed by atoms with Gasteiger partial charge in [-0.1, -0.05) is 25.7 Å². The van der Waals surface area contributed by atoms with Crippen molar-refractivity contribution >= 4 is 35.6 Å². The van der Waals surface area contributed by atoms with Gasteiger partial charge in [-0.15, -0.1) is 0 Å². The van der Waals surface area contributed by atoms with E-state index in [0.717, 1.165) is 38.5 Å². The Kier molecular flexibility index (Phi) is 6.68. The molecule has 2 saturated carbocycles. The lowest BCUT2D eigenvalue weighted by Gasteiger charge is -2.23. The van der Waals surface area contributed by atoms with Crippen molar-refractivity contribution in [2.75, 3.05) is 30.0 Å². The summed E-state index contributed by atoms with van der Waals surface area (Å²) in [7, 11) is 0. The predicted molar refractivity (Wildman–Crippen MR) is 113 cm³/mol. The molecule has 12 heteroatoms. The zero-order chi connectivity index (χ0) is 22.9. The Bertz CT molecular complexity index is 867. The normalized spacial score (nSPS) is 22.8. The average molecular weight is 471 g/mol. The van der Waals surface area contributed by atoms with Gasteiger partial charge in [-0.05, 0) is 36.8 Å². The number of halogens is 2. The molecule has 3 aliphatic rings. The summed E-state index contributed by atoms with van der Waals surface area (Å²) in [5.41, 5.74) is 4.70. The third-order valence-corrected chi connectivity index (χ3v) is 7.07. The fourth-order valence-electron chi connectivity index (χ4n) is 4.87. The first-order valence-electron chi connectivity index (χ1n) is 10.9. The Labute approximate surface area is 190 Å². The Morgan fingerprint density at radius 2 is 2.09 bits per heavy atom. The van der Waals surface area contributed by atoms with Crippen LogP contribution in [-0.4, -0.2) is 63.4 Å². The van der Waals surface area contributed by atoms with E-state index in [1.807, 2.05) is 0 Å². The Morgan fingerprint density at radius 3 is 2.72 bits per heavy atom. The fourth-order valence-corrected chi connectivity index (χ4v) is 5.04. The maximum atomic E-state index is 15.1. The lowest BCUT2D eigenvalue weighted by molar-refractivity contribution is -0.154. The minimum absolute atomic E-state index is 0.0328. The van der Waals surface area contributed by atoms with Crippen LogP contribution in [0.2, 0.25) is 5.28 Å². The first kappa shape index (κ1) is 22.9. The highest BCUT2D eigenvalue weighted by atomic mass is 35.5. The highest BCUT2D eigenvalue weighted by molar-refractivity contribution is 6.28. The number of carbonyl (C=O) groups is 2. The number of hydrogen-bond donors (Lipinski definition) is 4. The van der Waals surface area contributed by atoms with Gasteiger partial charge in [-0.3, -0.25) is 25.6 Å². The van der Waals surface area contributed by atoms with E-state index in [9.17, 15) is 19.9 Å². The van der Waals surface area contributed by atoms with Gasteiger partial charge < -0.3 is 10.0 Å². The van der Waals surface area contributed by atoms with Gasteiger partial charge in [-0.2, -0.15) is 14.4 Å². The molecule has 4 rings (SSSR count). The van der Waals surface area contributed by atoms with Crippen LogP contribution in [0.3, 0.4) is 0 Å². The van der Waals surface area contributed by atoms with Gasteiger partial charge in [-0.25, -0.2) is 5.06 Å². The van der Waals surface area contributed by atoms with Crippen molar-refractivity contribution in [1.82, 2.24) is 20.5 Å². The van der Waals surface area contributed by atoms with E-state index in [-0.39, 0.29) is 41.8 Å². The van der Waals surface area contributed by atoms with E-state index >= 15 is 4.39 Å². The molecule has 32 heavy (non-hydrogen) atoms. The Morgan fingerprint density at radius 1 is 1.38 bits per heavy atom. The van der Waals surface area contributed by atoms with Crippen molar-refractivity contribution in [3.8, 4) is 0 Å². The Balaban J connectivity index is 1.44. The molecule has 0 radical (unpaired) electrons. The number of carbonyl (C=O) groups excluding carboxylic acids is 2. The molecule has 1 aromatic heterocycles. The van der Waals surface area contributed by atoms with Crippen LogP contribution in [0.4, 0.5) is 16.0 Å². The van der Waals surface area contributed by atoms with E-state index < -0.39 is 23.7 Å². The number of amides is 2. The number of aliphatic hydroxyl groups excluding tert-OH is 1. The summed E-state index contributed by atoms with van der Waals surface area (Å²) in [5, 5.41) is 20.1. The van der Waals surface area contributed by atoms with Crippen LogP contribution in [0.5, 0.6) is 0 Å². The maximum Gasteiger partial charge on any atom is 0.243 e. The van der Waals surface area contributed by atoms with Crippen molar-refractivity contribution in [3.63, 3.8) is 0 Å². The van der Waals surface area contributed by atoms with Crippen LogP contribution >= 0.6 is 11.6 Å². The predicted octanol–water partition coefficient (Wildman–Crippen LogP) is 1.72.